The van der Waals surface area contributed by atoms with Crippen molar-refractivity contribution in [1.29, 1.82) is 0 Å². The van der Waals surface area contributed by atoms with E-state index in [9.17, 15) is 24.3 Å². The molecule has 2 amide bonds. The number of rotatable bonds is 13. The quantitative estimate of drug-likeness (QED) is 0.194. The maximum Gasteiger partial charge on any atom is 0.311 e. The van der Waals surface area contributed by atoms with Gasteiger partial charge >= 0.3 is 11.9 Å². The molecule has 0 radical (unpaired) electrons. The highest BCUT2D eigenvalue weighted by atomic mass is 32.2. The second-order valence-electron chi connectivity index (χ2n) is 16.1. The van der Waals surface area contributed by atoms with Crippen LogP contribution in [0.3, 0.4) is 0 Å². The Bertz CT molecular complexity index is 1700. The first-order valence-electron chi connectivity index (χ1n) is 19.9. The van der Waals surface area contributed by atoms with E-state index in [0.29, 0.717) is 37.2 Å². The van der Waals surface area contributed by atoms with E-state index < -0.39 is 11.5 Å². The molecule has 2 aliphatic carbocycles. The zero-order chi connectivity index (χ0) is 39.7. The molecule has 0 bridgehead atoms. The van der Waals surface area contributed by atoms with Gasteiger partial charge in [0.25, 0.3) is 5.24 Å². The first-order chi connectivity index (χ1) is 26.2. The molecule has 3 heterocycles. The summed E-state index contributed by atoms with van der Waals surface area (Å²) < 4.78 is 17.4. The number of benzene rings is 1. The van der Waals surface area contributed by atoms with Gasteiger partial charge in [0.2, 0.25) is 5.91 Å². The van der Waals surface area contributed by atoms with Crippen molar-refractivity contribution in [3.8, 4) is 5.75 Å². The van der Waals surface area contributed by atoms with E-state index in [1.54, 1.807) is 0 Å². The Labute approximate surface area is 330 Å². The van der Waals surface area contributed by atoms with Crippen LogP contribution >= 0.6 is 11.8 Å². The first kappa shape index (κ1) is 42.2. The highest BCUT2D eigenvalue weighted by Gasteiger charge is 2.43. The number of hydrogen-bond donors (Lipinski definition) is 2. The van der Waals surface area contributed by atoms with E-state index in [0.717, 1.165) is 67.3 Å². The summed E-state index contributed by atoms with van der Waals surface area (Å²) in [4.78, 5) is 51.8. The fraction of sp³-hybridized carbons (Fsp3) is 0.568. The van der Waals surface area contributed by atoms with Crippen LogP contribution in [0.15, 0.2) is 66.4 Å². The van der Waals surface area contributed by atoms with Crippen molar-refractivity contribution < 1.29 is 38.5 Å². The molecule has 0 spiro atoms. The highest BCUT2D eigenvalue weighted by molar-refractivity contribution is 8.15. The zero-order valence-corrected chi connectivity index (χ0v) is 33.9. The van der Waals surface area contributed by atoms with E-state index in [2.05, 4.69) is 55.4 Å². The van der Waals surface area contributed by atoms with Gasteiger partial charge in [0.1, 0.15) is 18.0 Å². The number of nitrogens with one attached hydrogen (secondary N) is 1. The minimum Gasteiger partial charge on any atom is -0.493 e. The van der Waals surface area contributed by atoms with Crippen LogP contribution in [0.2, 0.25) is 0 Å². The Morgan fingerprint density at radius 2 is 1.78 bits per heavy atom. The third-order valence-electron chi connectivity index (χ3n) is 11.4. The lowest BCUT2D eigenvalue weighted by Crippen LogP contribution is -2.43. The number of aliphatic hydroxyl groups excluding tert-OH is 1. The van der Waals surface area contributed by atoms with E-state index in [1.807, 2.05) is 57.3 Å². The monoisotopic (exact) mass is 774 g/mol. The number of carbonyl (C=O) groups excluding carboxylic acids is 4. The van der Waals surface area contributed by atoms with E-state index in [1.165, 1.54) is 11.1 Å². The summed E-state index contributed by atoms with van der Waals surface area (Å²) in [7, 11) is 0. The number of aliphatic hydroxyl groups is 1. The number of nitrogens with zero attached hydrogens (tertiary/aromatic N) is 1. The molecule has 6 rings (SSSR count). The van der Waals surface area contributed by atoms with Crippen LogP contribution in [-0.4, -0.2) is 63.3 Å². The molecule has 1 unspecified atom stereocenters. The summed E-state index contributed by atoms with van der Waals surface area (Å²) in [5.41, 5.74) is 4.04. The minimum atomic E-state index is -0.601. The van der Waals surface area contributed by atoms with Gasteiger partial charge in [-0.25, -0.2) is 0 Å². The molecule has 11 heteroatoms. The summed E-state index contributed by atoms with van der Waals surface area (Å²) >= 11 is 1.05. The number of ether oxygens (including phenoxy) is 3. The van der Waals surface area contributed by atoms with Crippen molar-refractivity contribution in [2.45, 2.75) is 123 Å². The Balaban J connectivity index is 0.000000214. The molecule has 4 aliphatic rings. The fourth-order valence-corrected chi connectivity index (χ4v) is 8.49. The first-order valence-corrected chi connectivity index (χ1v) is 20.8. The van der Waals surface area contributed by atoms with Crippen LogP contribution in [-0.2, 0) is 43.1 Å². The van der Waals surface area contributed by atoms with Gasteiger partial charge in [-0.05, 0) is 105 Å². The maximum atomic E-state index is 12.9. The molecule has 2 saturated heterocycles. The second-order valence-corrected chi connectivity index (χ2v) is 17.3. The number of thioether (sulfide) groups is 1. The molecule has 0 saturated carbocycles. The number of pyridine rings is 1. The number of hydrogen-bond acceptors (Lipinski definition) is 10. The van der Waals surface area contributed by atoms with Crippen molar-refractivity contribution in [1.82, 2.24) is 10.3 Å². The van der Waals surface area contributed by atoms with Gasteiger partial charge in [-0.1, -0.05) is 75.9 Å². The number of allylic oxidation sites excluding steroid dienone is 3. The number of imide groups is 1. The molecule has 298 valence electrons. The van der Waals surface area contributed by atoms with Crippen LogP contribution in [0.5, 0.6) is 5.75 Å². The minimum absolute atomic E-state index is 0.0949. The number of amides is 2. The number of aryl methyl sites for hydroxylation is 1. The standard InChI is InChI=1S/C25H38O5.C19H20N2O3S/c1-6-25(4,5)24(28)30-21-12-15(2)11-17-8-7-16(3)20(23(17)21)10-9-19-13-18(26)14-22(27)29-19;1-2-13-3-6-15(20-12-13)9-10-24-16-7-4-14(5-8-16)11-17-18(22)21-19(23)25-17/h7-8,11,15-16,18-21,23,26H,6,9-10,12-14H2,1-5H3;3-8,12,17H,2,9-11H2,1H3,(H,21,22,23)/t15-,16-,18+,19+,20-,21-,23-;/m0./s1. The molecule has 55 heavy (non-hydrogen) atoms. The van der Waals surface area contributed by atoms with Crippen LogP contribution in [0.1, 0.15) is 96.9 Å². The topological polar surface area (TPSA) is 141 Å². The van der Waals surface area contributed by atoms with Crippen LogP contribution < -0.4 is 10.1 Å². The average Bonchev–Trinajstić information content (AvgIpc) is 3.47. The van der Waals surface area contributed by atoms with Gasteiger partial charge in [0.15, 0.2) is 0 Å². The summed E-state index contributed by atoms with van der Waals surface area (Å²) in [6.45, 7) is 13.0. The van der Waals surface area contributed by atoms with E-state index >= 15 is 0 Å². The number of fused-ring (bicyclic) bond motifs is 1. The van der Waals surface area contributed by atoms with Crippen molar-refractivity contribution >= 4 is 34.8 Å². The van der Waals surface area contributed by atoms with Gasteiger partial charge in [-0.2, -0.15) is 0 Å². The molecular weight excluding hydrogens is 717 g/mol. The second kappa shape index (κ2) is 19.3. The van der Waals surface area contributed by atoms with E-state index in [-0.39, 0.29) is 52.9 Å². The highest BCUT2D eigenvalue weighted by Crippen LogP contribution is 2.45. The van der Waals surface area contributed by atoms with Crippen molar-refractivity contribution in [2.24, 2.45) is 29.1 Å². The lowest BCUT2D eigenvalue weighted by Gasteiger charge is -2.44. The Morgan fingerprint density at radius 1 is 1.04 bits per heavy atom. The van der Waals surface area contributed by atoms with Crippen molar-refractivity contribution in [2.75, 3.05) is 6.61 Å². The molecule has 10 nitrogen and oxygen atoms in total. The number of carbonyl (C=O) groups is 4. The molecule has 2 fully saturated rings. The summed E-state index contributed by atoms with van der Waals surface area (Å²) in [5, 5.41) is 11.6. The molecular formula is C44H58N2O8S. The third kappa shape index (κ3) is 11.8. The van der Waals surface area contributed by atoms with E-state index in [4.69, 9.17) is 14.2 Å². The molecule has 2 aliphatic heterocycles. The number of aromatic nitrogens is 1. The Hall–Kier alpha value is -3.96. The predicted molar refractivity (Wildman–Crippen MR) is 213 cm³/mol. The molecule has 1 aromatic carbocycles. The normalized spacial score (nSPS) is 27.5. The third-order valence-corrected chi connectivity index (χ3v) is 12.4. The van der Waals surface area contributed by atoms with Crippen LogP contribution in [0.25, 0.3) is 0 Å². The SMILES string of the molecule is CCC(C)(C)C(=O)O[C@H]1C[C@@H](C)C=C2C=C[C@H](C)[C@H](CC[C@@H]3C[C@@H](O)CC(=O)O3)[C@H]21.CCc1ccc(CCOc2ccc(CC3SC(=O)NC3=O)cc2)nc1. The molecule has 8 atom stereocenters. The predicted octanol–water partition coefficient (Wildman–Crippen LogP) is 7.75. The zero-order valence-electron chi connectivity index (χ0n) is 33.1. The lowest BCUT2D eigenvalue weighted by molar-refractivity contribution is -0.166. The maximum absolute atomic E-state index is 12.9. The summed E-state index contributed by atoms with van der Waals surface area (Å²) in [6, 6.07) is 11.8. The Kier molecular flexibility index (Phi) is 14.8. The lowest BCUT2D eigenvalue weighted by atomic mass is 9.65. The summed E-state index contributed by atoms with van der Waals surface area (Å²) in [6.07, 6.45) is 13.8. The average molecular weight is 775 g/mol. The number of esters is 2. The van der Waals surface area contributed by atoms with Gasteiger partial charge in [0, 0.05) is 30.7 Å². The smallest absolute Gasteiger partial charge is 0.311 e. The van der Waals surface area contributed by atoms with Gasteiger partial charge in [0.05, 0.1) is 29.8 Å². The van der Waals surface area contributed by atoms with Crippen LogP contribution in [0.4, 0.5) is 4.79 Å². The number of cyclic esters (lactones) is 1. The van der Waals surface area contributed by atoms with Crippen LogP contribution in [0, 0.1) is 29.1 Å². The fourth-order valence-electron chi connectivity index (χ4n) is 7.63. The largest absolute Gasteiger partial charge is 0.493 e. The molecule has 1 aromatic heterocycles. The van der Waals surface area contributed by atoms with Crippen molar-refractivity contribution in [3.05, 3.63) is 83.2 Å². The van der Waals surface area contributed by atoms with Gasteiger partial charge in [-0.3, -0.25) is 29.5 Å². The Morgan fingerprint density at radius 3 is 2.42 bits per heavy atom. The van der Waals surface area contributed by atoms with Gasteiger partial charge < -0.3 is 19.3 Å². The molecule has 2 N–H and O–H groups in total. The van der Waals surface area contributed by atoms with Gasteiger partial charge in [-0.15, -0.1) is 0 Å². The molecule has 2 aromatic rings. The summed E-state index contributed by atoms with van der Waals surface area (Å²) in [5.74, 6) is 1.35. The van der Waals surface area contributed by atoms with Crippen molar-refractivity contribution in [3.63, 3.8) is 0 Å².